The van der Waals surface area contributed by atoms with Crippen molar-refractivity contribution in [3.8, 4) is 5.75 Å². The van der Waals surface area contributed by atoms with E-state index in [-0.39, 0.29) is 5.60 Å². The first-order valence-corrected chi connectivity index (χ1v) is 6.37. The first-order valence-electron chi connectivity index (χ1n) is 6.37. The van der Waals surface area contributed by atoms with Crippen LogP contribution >= 0.6 is 0 Å². The zero-order valence-corrected chi connectivity index (χ0v) is 11.6. The maximum Gasteiger partial charge on any atom is 0.143 e. The number of rotatable bonds is 4. The maximum atomic E-state index is 6.08. The van der Waals surface area contributed by atoms with Crippen LogP contribution in [0.25, 0.3) is 10.9 Å². The second-order valence-electron chi connectivity index (χ2n) is 5.36. The van der Waals surface area contributed by atoms with Crippen LogP contribution in [0.1, 0.15) is 20.8 Å². The Bertz CT molecular complexity index is 562. The number of fused-ring (bicyclic) bond motifs is 1. The highest BCUT2D eigenvalue weighted by atomic mass is 16.5. The van der Waals surface area contributed by atoms with E-state index in [0.717, 1.165) is 10.9 Å². The molecule has 0 atom stereocenters. The second-order valence-corrected chi connectivity index (χ2v) is 5.36. The van der Waals surface area contributed by atoms with Crippen LogP contribution in [-0.2, 0) is 4.74 Å². The minimum absolute atomic E-state index is 0.151. The minimum atomic E-state index is -0.151. The van der Waals surface area contributed by atoms with Gasteiger partial charge >= 0.3 is 0 Å². The molecule has 0 aliphatic heterocycles. The molecule has 2 N–H and O–H groups in total. The van der Waals surface area contributed by atoms with Gasteiger partial charge in [0.15, 0.2) is 0 Å². The number of nitrogens with zero attached hydrogens (tertiary/aromatic N) is 1. The molecular formula is C15H20N2O2. The van der Waals surface area contributed by atoms with Gasteiger partial charge in [0.25, 0.3) is 0 Å². The number of benzene rings is 1. The molecule has 0 saturated heterocycles. The molecule has 2 aromatic rings. The Kier molecular flexibility index (Phi) is 3.90. The second kappa shape index (κ2) is 5.45. The summed E-state index contributed by atoms with van der Waals surface area (Å²) in [6.07, 6.45) is 1.75. The highest BCUT2D eigenvalue weighted by molar-refractivity contribution is 5.93. The zero-order chi connectivity index (χ0) is 13.9. The first-order chi connectivity index (χ1) is 8.97. The predicted octanol–water partition coefficient (Wildman–Crippen LogP) is 3.01. The molecule has 0 radical (unpaired) electrons. The Morgan fingerprint density at radius 1 is 1.16 bits per heavy atom. The number of anilines is 1. The van der Waals surface area contributed by atoms with Gasteiger partial charge in [-0.1, -0.05) is 0 Å². The Morgan fingerprint density at radius 3 is 2.68 bits per heavy atom. The van der Waals surface area contributed by atoms with Crippen LogP contribution in [0.4, 0.5) is 5.69 Å². The smallest absolute Gasteiger partial charge is 0.143 e. The molecule has 0 aliphatic carbocycles. The van der Waals surface area contributed by atoms with Crippen LogP contribution in [0.5, 0.6) is 5.75 Å². The third-order valence-electron chi connectivity index (χ3n) is 2.66. The molecule has 0 aliphatic rings. The summed E-state index contributed by atoms with van der Waals surface area (Å²) in [5, 5.41) is 0.914. The van der Waals surface area contributed by atoms with Gasteiger partial charge in [-0.2, -0.15) is 0 Å². The maximum absolute atomic E-state index is 6.08. The number of ether oxygens (including phenoxy) is 2. The number of nitrogens with two attached hydrogens (primary N) is 1. The first kappa shape index (κ1) is 13.6. The van der Waals surface area contributed by atoms with Crippen LogP contribution in [-0.4, -0.2) is 23.8 Å². The molecule has 0 fully saturated rings. The third kappa shape index (κ3) is 3.58. The summed E-state index contributed by atoms with van der Waals surface area (Å²) in [7, 11) is 0. The van der Waals surface area contributed by atoms with E-state index in [4.69, 9.17) is 15.2 Å². The van der Waals surface area contributed by atoms with E-state index in [2.05, 4.69) is 4.98 Å². The van der Waals surface area contributed by atoms with Crippen molar-refractivity contribution in [1.82, 2.24) is 4.98 Å². The molecule has 1 heterocycles. The largest absolute Gasteiger partial charge is 0.489 e. The monoisotopic (exact) mass is 260 g/mol. The van der Waals surface area contributed by atoms with E-state index in [1.807, 2.05) is 45.0 Å². The Morgan fingerprint density at radius 2 is 1.95 bits per heavy atom. The molecule has 0 amide bonds. The van der Waals surface area contributed by atoms with Crippen molar-refractivity contribution in [2.75, 3.05) is 18.9 Å². The molecule has 19 heavy (non-hydrogen) atoms. The predicted molar refractivity (Wildman–Crippen MR) is 77.4 cm³/mol. The van der Waals surface area contributed by atoms with E-state index in [1.54, 1.807) is 6.20 Å². The molecule has 0 spiro atoms. The van der Waals surface area contributed by atoms with Gasteiger partial charge in [-0.3, -0.25) is 4.98 Å². The molecule has 2 rings (SSSR count). The molecule has 1 aromatic carbocycles. The van der Waals surface area contributed by atoms with Crippen molar-refractivity contribution in [1.29, 1.82) is 0 Å². The lowest BCUT2D eigenvalue weighted by Gasteiger charge is -2.19. The van der Waals surface area contributed by atoms with Gasteiger partial charge in [-0.05, 0) is 45.0 Å². The van der Waals surface area contributed by atoms with Crippen molar-refractivity contribution in [3.05, 3.63) is 30.5 Å². The highest BCUT2D eigenvalue weighted by Gasteiger charge is 2.10. The lowest BCUT2D eigenvalue weighted by atomic mass is 10.1. The number of hydrogen-bond acceptors (Lipinski definition) is 4. The average molecular weight is 260 g/mol. The normalized spacial score (nSPS) is 11.7. The van der Waals surface area contributed by atoms with Crippen molar-refractivity contribution in [2.24, 2.45) is 0 Å². The highest BCUT2D eigenvalue weighted by Crippen LogP contribution is 2.29. The summed E-state index contributed by atoms with van der Waals surface area (Å²) in [6.45, 7) is 7.07. The van der Waals surface area contributed by atoms with Crippen LogP contribution in [0.2, 0.25) is 0 Å². The lowest BCUT2D eigenvalue weighted by molar-refractivity contribution is -0.0161. The van der Waals surface area contributed by atoms with E-state index in [1.165, 1.54) is 0 Å². The van der Waals surface area contributed by atoms with Crippen LogP contribution in [0.15, 0.2) is 30.5 Å². The number of nitrogen functional groups attached to an aromatic ring is 1. The van der Waals surface area contributed by atoms with Gasteiger partial charge in [0.2, 0.25) is 0 Å². The molecule has 4 heteroatoms. The van der Waals surface area contributed by atoms with Crippen LogP contribution in [0.3, 0.4) is 0 Å². The topological polar surface area (TPSA) is 57.4 Å². The van der Waals surface area contributed by atoms with E-state index < -0.39 is 0 Å². The Labute approximate surface area is 113 Å². The summed E-state index contributed by atoms with van der Waals surface area (Å²) in [5.74, 6) is 0.679. The fraction of sp³-hybridized carbons (Fsp3) is 0.400. The van der Waals surface area contributed by atoms with Crippen molar-refractivity contribution in [2.45, 2.75) is 26.4 Å². The fourth-order valence-corrected chi connectivity index (χ4v) is 1.78. The van der Waals surface area contributed by atoms with Gasteiger partial charge in [0.1, 0.15) is 12.4 Å². The van der Waals surface area contributed by atoms with Gasteiger partial charge in [0, 0.05) is 11.6 Å². The Balaban J connectivity index is 2.03. The number of aromatic nitrogens is 1. The summed E-state index contributed by atoms with van der Waals surface area (Å²) in [4.78, 5) is 4.25. The molecule has 4 nitrogen and oxygen atoms in total. The molecular weight excluding hydrogens is 240 g/mol. The number of pyridine rings is 1. The lowest BCUT2D eigenvalue weighted by Crippen LogP contribution is -2.22. The molecule has 0 unspecified atom stereocenters. The standard InChI is InChI=1S/C15H20N2O2/c1-15(2,3)19-10-9-18-13-7-6-12-11(14(13)16)5-4-8-17-12/h4-8H,9-10,16H2,1-3H3. The van der Waals surface area contributed by atoms with Crippen LogP contribution < -0.4 is 10.5 Å². The molecule has 102 valence electrons. The summed E-state index contributed by atoms with van der Waals surface area (Å²) >= 11 is 0. The van der Waals surface area contributed by atoms with Gasteiger partial charge in [-0.25, -0.2) is 0 Å². The summed E-state index contributed by atoms with van der Waals surface area (Å²) < 4.78 is 11.3. The Hall–Kier alpha value is -1.81. The van der Waals surface area contributed by atoms with Crippen molar-refractivity contribution in [3.63, 3.8) is 0 Å². The summed E-state index contributed by atoms with van der Waals surface area (Å²) in [6, 6.07) is 7.56. The summed E-state index contributed by atoms with van der Waals surface area (Å²) in [5.41, 5.74) is 7.43. The minimum Gasteiger partial charge on any atom is -0.489 e. The third-order valence-corrected chi connectivity index (χ3v) is 2.66. The van der Waals surface area contributed by atoms with Crippen molar-refractivity contribution < 1.29 is 9.47 Å². The van der Waals surface area contributed by atoms with Crippen molar-refractivity contribution >= 4 is 16.6 Å². The zero-order valence-electron chi connectivity index (χ0n) is 11.6. The van der Waals surface area contributed by atoms with E-state index >= 15 is 0 Å². The van der Waals surface area contributed by atoms with E-state index in [9.17, 15) is 0 Å². The van der Waals surface area contributed by atoms with Gasteiger partial charge in [0.05, 0.1) is 23.4 Å². The number of hydrogen-bond donors (Lipinski definition) is 1. The molecule has 1 aromatic heterocycles. The van der Waals surface area contributed by atoms with Gasteiger partial charge in [-0.15, -0.1) is 0 Å². The average Bonchev–Trinajstić information content (AvgIpc) is 2.36. The fourth-order valence-electron chi connectivity index (χ4n) is 1.78. The van der Waals surface area contributed by atoms with Gasteiger partial charge < -0.3 is 15.2 Å². The molecule has 0 saturated carbocycles. The van der Waals surface area contributed by atoms with Crippen LogP contribution in [0, 0.1) is 0 Å². The SMILES string of the molecule is CC(C)(C)OCCOc1ccc2ncccc2c1N. The van der Waals surface area contributed by atoms with E-state index in [0.29, 0.717) is 24.7 Å². The quantitative estimate of drug-likeness (QED) is 0.678. The molecule has 0 bridgehead atoms.